The summed E-state index contributed by atoms with van der Waals surface area (Å²) >= 11 is 0. The van der Waals surface area contributed by atoms with E-state index in [2.05, 4.69) is 10.6 Å². The quantitative estimate of drug-likeness (QED) is 0.414. The summed E-state index contributed by atoms with van der Waals surface area (Å²) in [6, 6.07) is 14.0. The van der Waals surface area contributed by atoms with Gasteiger partial charge in [0.15, 0.2) is 0 Å². The summed E-state index contributed by atoms with van der Waals surface area (Å²) in [4.78, 5) is 21.9. The van der Waals surface area contributed by atoms with Crippen LogP contribution in [-0.2, 0) is 22.5 Å². The number of nitrogens with zero attached hydrogens (tertiary/aromatic N) is 1. The molecule has 0 unspecified atom stereocenters. The molecule has 0 saturated carbocycles. The summed E-state index contributed by atoms with van der Waals surface area (Å²) < 4.78 is 4.88. The zero-order chi connectivity index (χ0) is 18.1. The van der Waals surface area contributed by atoms with Gasteiger partial charge in [-0.2, -0.15) is 0 Å². The monoisotopic (exact) mass is 343 g/mol. The Morgan fingerprint density at radius 2 is 1.72 bits per heavy atom. The van der Waals surface area contributed by atoms with Crippen LogP contribution < -0.4 is 10.6 Å². The standard InChI is InChI=1S/C18H21N3O4/c1-25-11-10-19-18(22)12-14-2-6-16(7-3-14)20-13-15-4-8-17(9-5-15)21(23)24/h2-9,20H,10-13H2,1H3,(H,19,22). The number of amides is 1. The molecule has 0 heterocycles. The van der Waals surface area contributed by atoms with Crippen LogP contribution in [0.4, 0.5) is 11.4 Å². The Bertz CT molecular complexity index is 699. The fourth-order valence-corrected chi connectivity index (χ4v) is 2.22. The van der Waals surface area contributed by atoms with E-state index in [0.29, 0.717) is 26.1 Å². The van der Waals surface area contributed by atoms with Crippen molar-refractivity contribution in [1.82, 2.24) is 5.32 Å². The second-order valence-corrected chi connectivity index (χ2v) is 5.49. The second kappa shape index (κ2) is 9.39. The third kappa shape index (κ3) is 6.23. The van der Waals surface area contributed by atoms with Crippen LogP contribution in [-0.4, -0.2) is 31.1 Å². The zero-order valence-corrected chi connectivity index (χ0v) is 14.0. The maximum atomic E-state index is 11.7. The summed E-state index contributed by atoms with van der Waals surface area (Å²) in [7, 11) is 1.59. The molecule has 0 saturated heterocycles. The van der Waals surface area contributed by atoms with Crippen molar-refractivity contribution < 1.29 is 14.5 Å². The van der Waals surface area contributed by atoms with Crippen molar-refractivity contribution >= 4 is 17.3 Å². The van der Waals surface area contributed by atoms with E-state index in [0.717, 1.165) is 16.8 Å². The predicted molar refractivity (Wildman–Crippen MR) is 95.5 cm³/mol. The molecule has 2 aromatic rings. The first-order valence-electron chi connectivity index (χ1n) is 7.90. The Labute approximate surface area is 146 Å². The van der Waals surface area contributed by atoms with Crippen LogP contribution in [0.3, 0.4) is 0 Å². The summed E-state index contributed by atoms with van der Waals surface area (Å²) in [5.74, 6) is -0.0383. The second-order valence-electron chi connectivity index (χ2n) is 5.49. The van der Waals surface area contributed by atoms with E-state index in [1.165, 1.54) is 12.1 Å². The average Bonchev–Trinajstić information content (AvgIpc) is 2.62. The molecule has 0 atom stereocenters. The Kier molecular flexibility index (Phi) is 6.91. The van der Waals surface area contributed by atoms with Gasteiger partial charge in [-0.3, -0.25) is 14.9 Å². The number of hydrogen-bond acceptors (Lipinski definition) is 5. The number of carbonyl (C=O) groups excluding carboxylic acids is 1. The van der Waals surface area contributed by atoms with Gasteiger partial charge in [-0.15, -0.1) is 0 Å². The third-order valence-corrected chi connectivity index (χ3v) is 3.59. The molecular weight excluding hydrogens is 322 g/mol. The maximum absolute atomic E-state index is 11.7. The van der Waals surface area contributed by atoms with Gasteiger partial charge in [0.2, 0.25) is 5.91 Å². The van der Waals surface area contributed by atoms with Crippen molar-refractivity contribution in [3.8, 4) is 0 Å². The minimum Gasteiger partial charge on any atom is -0.383 e. The smallest absolute Gasteiger partial charge is 0.269 e. The van der Waals surface area contributed by atoms with Crippen molar-refractivity contribution in [3.05, 3.63) is 69.8 Å². The number of rotatable bonds is 9. The van der Waals surface area contributed by atoms with E-state index in [4.69, 9.17) is 4.74 Å². The molecule has 0 aliphatic rings. The molecule has 2 aromatic carbocycles. The molecule has 0 aromatic heterocycles. The number of ether oxygens (including phenoxy) is 1. The van der Waals surface area contributed by atoms with Crippen LogP contribution in [0.15, 0.2) is 48.5 Å². The number of methoxy groups -OCH3 is 1. The van der Waals surface area contributed by atoms with E-state index in [1.54, 1.807) is 19.2 Å². The van der Waals surface area contributed by atoms with Crippen LogP contribution in [0.2, 0.25) is 0 Å². The van der Waals surface area contributed by atoms with Gasteiger partial charge < -0.3 is 15.4 Å². The summed E-state index contributed by atoms with van der Waals surface area (Å²) in [5.41, 5.74) is 2.88. The molecule has 0 bridgehead atoms. The van der Waals surface area contributed by atoms with E-state index in [-0.39, 0.29) is 11.6 Å². The highest BCUT2D eigenvalue weighted by atomic mass is 16.6. The lowest BCUT2D eigenvalue weighted by Gasteiger charge is -2.08. The zero-order valence-electron chi connectivity index (χ0n) is 14.0. The van der Waals surface area contributed by atoms with E-state index in [9.17, 15) is 14.9 Å². The highest BCUT2D eigenvalue weighted by Crippen LogP contribution is 2.15. The van der Waals surface area contributed by atoms with Crippen molar-refractivity contribution in [1.29, 1.82) is 0 Å². The SMILES string of the molecule is COCCNC(=O)Cc1ccc(NCc2ccc([N+](=O)[O-])cc2)cc1. The van der Waals surface area contributed by atoms with Crippen LogP contribution in [0.5, 0.6) is 0 Å². The summed E-state index contributed by atoms with van der Waals surface area (Å²) in [6.45, 7) is 1.57. The lowest BCUT2D eigenvalue weighted by atomic mass is 10.1. The lowest BCUT2D eigenvalue weighted by Crippen LogP contribution is -2.28. The Morgan fingerprint density at radius 1 is 1.08 bits per heavy atom. The Morgan fingerprint density at radius 3 is 2.32 bits per heavy atom. The van der Waals surface area contributed by atoms with Crippen LogP contribution in [0.25, 0.3) is 0 Å². The van der Waals surface area contributed by atoms with Crippen molar-refractivity contribution in [2.75, 3.05) is 25.6 Å². The molecule has 2 rings (SSSR count). The Balaban J connectivity index is 1.81. The molecule has 0 fully saturated rings. The number of hydrogen-bond donors (Lipinski definition) is 2. The molecule has 0 aliphatic heterocycles. The van der Waals surface area contributed by atoms with Gasteiger partial charge in [-0.1, -0.05) is 24.3 Å². The number of anilines is 1. The molecule has 25 heavy (non-hydrogen) atoms. The molecule has 0 aliphatic carbocycles. The molecular formula is C18H21N3O4. The van der Waals surface area contributed by atoms with Crippen molar-refractivity contribution in [2.45, 2.75) is 13.0 Å². The normalized spacial score (nSPS) is 10.3. The highest BCUT2D eigenvalue weighted by molar-refractivity contribution is 5.78. The number of carbonyl (C=O) groups is 1. The predicted octanol–water partition coefficient (Wildman–Crippen LogP) is 2.51. The Hall–Kier alpha value is -2.93. The first-order valence-corrected chi connectivity index (χ1v) is 7.90. The molecule has 7 heteroatoms. The number of benzene rings is 2. The first kappa shape index (κ1) is 18.4. The van der Waals surface area contributed by atoms with E-state index in [1.807, 2.05) is 24.3 Å². The number of nitro groups is 1. The van der Waals surface area contributed by atoms with E-state index < -0.39 is 4.92 Å². The van der Waals surface area contributed by atoms with Crippen LogP contribution >= 0.6 is 0 Å². The minimum absolute atomic E-state index is 0.0383. The summed E-state index contributed by atoms with van der Waals surface area (Å²) in [6.07, 6.45) is 0.326. The van der Waals surface area contributed by atoms with Crippen LogP contribution in [0, 0.1) is 10.1 Å². The van der Waals surface area contributed by atoms with Crippen LogP contribution in [0.1, 0.15) is 11.1 Å². The van der Waals surface area contributed by atoms with Crippen molar-refractivity contribution in [3.63, 3.8) is 0 Å². The average molecular weight is 343 g/mol. The summed E-state index contributed by atoms with van der Waals surface area (Å²) in [5, 5.41) is 16.7. The minimum atomic E-state index is -0.415. The molecule has 7 nitrogen and oxygen atoms in total. The fourth-order valence-electron chi connectivity index (χ4n) is 2.22. The van der Waals surface area contributed by atoms with E-state index >= 15 is 0 Å². The molecule has 132 valence electrons. The van der Waals surface area contributed by atoms with Gasteiger partial charge >= 0.3 is 0 Å². The van der Waals surface area contributed by atoms with Gasteiger partial charge in [0.1, 0.15) is 0 Å². The first-order chi connectivity index (χ1) is 12.1. The molecule has 1 amide bonds. The van der Waals surface area contributed by atoms with Crippen molar-refractivity contribution in [2.24, 2.45) is 0 Å². The molecule has 0 spiro atoms. The third-order valence-electron chi connectivity index (χ3n) is 3.59. The van der Waals surface area contributed by atoms with Gasteiger partial charge in [0.25, 0.3) is 5.69 Å². The topological polar surface area (TPSA) is 93.5 Å². The van der Waals surface area contributed by atoms with Gasteiger partial charge in [0, 0.05) is 38.0 Å². The maximum Gasteiger partial charge on any atom is 0.269 e. The fraction of sp³-hybridized carbons (Fsp3) is 0.278. The molecule has 2 N–H and O–H groups in total. The van der Waals surface area contributed by atoms with Gasteiger partial charge in [0.05, 0.1) is 18.0 Å². The highest BCUT2D eigenvalue weighted by Gasteiger charge is 2.05. The lowest BCUT2D eigenvalue weighted by molar-refractivity contribution is -0.384. The number of nitro benzene ring substituents is 1. The largest absolute Gasteiger partial charge is 0.383 e. The van der Waals surface area contributed by atoms with Gasteiger partial charge in [-0.05, 0) is 23.3 Å². The number of nitrogens with one attached hydrogen (secondary N) is 2. The number of non-ortho nitro benzene ring substituents is 1. The molecule has 0 radical (unpaired) electrons. The van der Waals surface area contributed by atoms with Gasteiger partial charge in [-0.25, -0.2) is 0 Å².